The van der Waals surface area contributed by atoms with Gasteiger partial charge in [-0.25, -0.2) is 0 Å². The third kappa shape index (κ3) is 1.72. The van der Waals surface area contributed by atoms with Crippen LogP contribution in [0, 0.1) is 0 Å². The van der Waals surface area contributed by atoms with Gasteiger partial charge in [-0.3, -0.25) is 4.79 Å². The second-order valence-corrected chi connectivity index (χ2v) is 3.53. The monoisotopic (exact) mass is 215 g/mol. The molecule has 0 spiro atoms. The number of benzene rings is 1. The summed E-state index contributed by atoms with van der Waals surface area (Å²) in [5.74, 6) is -0.158. The largest absolute Gasteiger partial charge is 0.503 e. The lowest BCUT2D eigenvalue weighted by atomic mass is 10.2. The SMILES string of the molecule is CCc1c(O)c(=O)ccn1-c1ccccc1. The number of rotatable bonds is 2. The highest BCUT2D eigenvalue weighted by molar-refractivity contribution is 5.38. The summed E-state index contributed by atoms with van der Waals surface area (Å²) in [5.41, 5.74) is 1.25. The molecule has 1 aromatic heterocycles. The molecule has 16 heavy (non-hydrogen) atoms. The van der Waals surface area contributed by atoms with Gasteiger partial charge in [-0.2, -0.15) is 0 Å². The van der Waals surface area contributed by atoms with E-state index in [4.69, 9.17) is 0 Å². The zero-order valence-electron chi connectivity index (χ0n) is 9.05. The first-order chi connectivity index (χ1) is 7.74. The van der Waals surface area contributed by atoms with Gasteiger partial charge in [0, 0.05) is 18.0 Å². The Morgan fingerprint density at radius 1 is 1.19 bits per heavy atom. The summed E-state index contributed by atoms with van der Waals surface area (Å²) in [6.07, 6.45) is 2.30. The molecule has 2 aromatic rings. The van der Waals surface area contributed by atoms with Crippen LogP contribution in [0.4, 0.5) is 0 Å². The fraction of sp³-hybridized carbons (Fsp3) is 0.154. The van der Waals surface area contributed by atoms with Crippen LogP contribution < -0.4 is 5.43 Å². The summed E-state index contributed by atoms with van der Waals surface area (Å²) in [5, 5.41) is 9.71. The number of nitrogens with zero attached hydrogens (tertiary/aromatic N) is 1. The molecule has 0 bridgehead atoms. The van der Waals surface area contributed by atoms with Crippen molar-refractivity contribution in [1.29, 1.82) is 0 Å². The third-order valence-electron chi connectivity index (χ3n) is 2.54. The minimum Gasteiger partial charge on any atom is -0.503 e. The van der Waals surface area contributed by atoms with E-state index < -0.39 is 0 Å². The zero-order chi connectivity index (χ0) is 11.5. The summed E-state index contributed by atoms with van der Waals surface area (Å²) in [4.78, 5) is 11.3. The van der Waals surface area contributed by atoms with Crippen molar-refractivity contribution >= 4 is 0 Å². The molecule has 3 heteroatoms. The average Bonchev–Trinajstić information content (AvgIpc) is 2.33. The molecule has 0 radical (unpaired) electrons. The molecule has 1 N–H and O–H groups in total. The van der Waals surface area contributed by atoms with E-state index in [0.717, 1.165) is 5.69 Å². The van der Waals surface area contributed by atoms with Gasteiger partial charge >= 0.3 is 0 Å². The lowest BCUT2D eigenvalue weighted by Gasteiger charge is -2.13. The normalized spacial score (nSPS) is 10.3. The van der Waals surface area contributed by atoms with Crippen LogP contribution in [0.25, 0.3) is 5.69 Å². The number of aromatic hydroxyl groups is 1. The minimum absolute atomic E-state index is 0.158. The molecule has 0 aliphatic carbocycles. The van der Waals surface area contributed by atoms with E-state index in [0.29, 0.717) is 12.1 Å². The predicted octanol–water partition coefficient (Wildman–Crippen LogP) is 2.11. The molecule has 0 aliphatic rings. The Bertz CT molecular complexity index is 544. The van der Waals surface area contributed by atoms with Gasteiger partial charge in [0.25, 0.3) is 0 Å². The minimum atomic E-state index is -0.330. The molecule has 82 valence electrons. The summed E-state index contributed by atoms with van der Waals surface area (Å²) >= 11 is 0. The lowest BCUT2D eigenvalue weighted by molar-refractivity contribution is 0.456. The van der Waals surface area contributed by atoms with Crippen molar-refractivity contribution < 1.29 is 5.11 Å². The van der Waals surface area contributed by atoms with Crippen molar-refractivity contribution in [3.63, 3.8) is 0 Å². The second kappa shape index (κ2) is 4.23. The maximum absolute atomic E-state index is 11.3. The Balaban J connectivity index is 2.67. The van der Waals surface area contributed by atoms with Crippen LogP contribution in [-0.4, -0.2) is 9.67 Å². The molecule has 3 nitrogen and oxygen atoms in total. The van der Waals surface area contributed by atoms with Crippen molar-refractivity contribution in [1.82, 2.24) is 4.57 Å². The lowest BCUT2D eigenvalue weighted by Crippen LogP contribution is -2.10. The van der Waals surface area contributed by atoms with Crippen LogP contribution in [0.15, 0.2) is 47.4 Å². The Hall–Kier alpha value is -2.03. The highest BCUT2D eigenvalue weighted by atomic mass is 16.3. The first kappa shape index (κ1) is 10.5. The van der Waals surface area contributed by atoms with Gasteiger partial charge in [0.1, 0.15) is 0 Å². The van der Waals surface area contributed by atoms with Crippen LogP contribution in [0.5, 0.6) is 5.75 Å². The summed E-state index contributed by atoms with van der Waals surface area (Å²) in [6, 6.07) is 11.0. The van der Waals surface area contributed by atoms with Gasteiger partial charge in [-0.15, -0.1) is 0 Å². The molecule has 1 heterocycles. The second-order valence-electron chi connectivity index (χ2n) is 3.53. The van der Waals surface area contributed by atoms with Crippen LogP contribution in [0.2, 0.25) is 0 Å². The molecule has 1 aromatic carbocycles. The van der Waals surface area contributed by atoms with E-state index in [1.165, 1.54) is 6.07 Å². The molecular weight excluding hydrogens is 202 g/mol. The van der Waals surface area contributed by atoms with Gasteiger partial charge in [0.05, 0.1) is 5.69 Å². The number of para-hydroxylation sites is 1. The highest BCUT2D eigenvalue weighted by Gasteiger charge is 2.08. The third-order valence-corrected chi connectivity index (χ3v) is 2.54. The molecule has 0 saturated carbocycles. The molecule has 0 saturated heterocycles. The molecule has 0 aliphatic heterocycles. The van der Waals surface area contributed by atoms with Crippen LogP contribution in [0.3, 0.4) is 0 Å². The van der Waals surface area contributed by atoms with Crippen LogP contribution in [-0.2, 0) is 6.42 Å². The Labute approximate surface area is 93.6 Å². The van der Waals surface area contributed by atoms with E-state index >= 15 is 0 Å². The number of pyridine rings is 1. The van der Waals surface area contributed by atoms with E-state index in [-0.39, 0.29) is 11.2 Å². The van der Waals surface area contributed by atoms with Crippen molar-refractivity contribution in [2.24, 2.45) is 0 Å². The number of hydrogen-bond donors (Lipinski definition) is 1. The van der Waals surface area contributed by atoms with Crippen LogP contribution in [0.1, 0.15) is 12.6 Å². The topological polar surface area (TPSA) is 42.2 Å². The average molecular weight is 215 g/mol. The summed E-state index contributed by atoms with van der Waals surface area (Å²) < 4.78 is 1.83. The Morgan fingerprint density at radius 3 is 2.50 bits per heavy atom. The summed E-state index contributed by atoms with van der Waals surface area (Å²) in [7, 11) is 0. The molecule has 0 amide bonds. The number of aromatic nitrogens is 1. The van der Waals surface area contributed by atoms with E-state index in [9.17, 15) is 9.90 Å². The molecule has 0 fully saturated rings. The predicted molar refractivity (Wildman–Crippen MR) is 63.1 cm³/mol. The highest BCUT2D eigenvalue weighted by Crippen LogP contribution is 2.17. The Morgan fingerprint density at radius 2 is 1.88 bits per heavy atom. The van der Waals surface area contributed by atoms with Gasteiger partial charge in [-0.05, 0) is 18.6 Å². The van der Waals surface area contributed by atoms with Gasteiger partial charge in [0.15, 0.2) is 5.75 Å². The quantitative estimate of drug-likeness (QED) is 0.833. The zero-order valence-corrected chi connectivity index (χ0v) is 9.05. The first-order valence-corrected chi connectivity index (χ1v) is 5.23. The van der Waals surface area contributed by atoms with E-state index in [1.807, 2.05) is 41.8 Å². The van der Waals surface area contributed by atoms with Gasteiger partial charge in [-0.1, -0.05) is 25.1 Å². The molecule has 2 rings (SSSR count). The maximum atomic E-state index is 11.3. The smallest absolute Gasteiger partial charge is 0.223 e. The fourth-order valence-electron chi connectivity index (χ4n) is 1.74. The molecular formula is C13H13NO2. The maximum Gasteiger partial charge on any atom is 0.223 e. The van der Waals surface area contributed by atoms with Gasteiger partial charge in [0.2, 0.25) is 5.43 Å². The first-order valence-electron chi connectivity index (χ1n) is 5.23. The van der Waals surface area contributed by atoms with Gasteiger partial charge < -0.3 is 9.67 Å². The van der Waals surface area contributed by atoms with Crippen molar-refractivity contribution in [3.05, 3.63) is 58.5 Å². The van der Waals surface area contributed by atoms with Crippen LogP contribution >= 0.6 is 0 Å². The van der Waals surface area contributed by atoms with E-state index in [2.05, 4.69) is 0 Å². The van der Waals surface area contributed by atoms with Crippen molar-refractivity contribution in [2.45, 2.75) is 13.3 Å². The molecule has 0 atom stereocenters. The Kier molecular flexibility index (Phi) is 2.77. The standard InChI is InChI=1S/C13H13NO2/c1-2-11-13(16)12(15)8-9-14(11)10-6-4-3-5-7-10/h3-9,16H,2H2,1H3. The van der Waals surface area contributed by atoms with E-state index in [1.54, 1.807) is 6.20 Å². The fourth-order valence-corrected chi connectivity index (χ4v) is 1.74. The summed E-state index contributed by atoms with van der Waals surface area (Å²) in [6.45, 7) is 1.91. The van der Waals surface area contributed by atoms with Crippen molar-refractivity contribution in [3.8, 4) is 11.4 Å². The van der Waals surface area contributed by atoms with Crippen molar-refractivity contribution in [2.75, 3.05) is 0 Å². The molecule has 0 unspecified atom stereocenters. The number of hydrogen-bond acceptors (Lipinski definition) is 2.